The van der Waals surface area contributed by atoms with Crippen LogP contribution in [0.25, 0.3) is 21.8 Å². The number of hydrogen-bond donors (Lipinski definition) is 0. The Morgan fingerprint density at radius 2 is 0.582 bits per heavy atom. The fraction of sp³-hybridized carbons (Fsp3) is 0.410. The van der Waals surface area contributed by atoms with Gasteiger partial charge in [-0.2, -0.15) is 17.2 Å². The minimum atomic E-state index is -3.93. The molecule has 0 unspecified atom stereocenters. The van der Waals surface area contributed by atoms with Gasteiger partial charge in [-0.1, -0.05) is 121 Å². The topological polar surface area (TPSA) is 158 Å². The van der Waals surface area contributed by atoms with Gasteiger partial charge in [0.15, 0.2) is 0 Å². The molecule has 14 nitrogen and oxygen atoms in total. The Labute approximate surface area is 471 Å². The predicted octanol–water partition coefficient (Wildman–Crippen LogP) is 10.9. The van der Waals surface area contributed by atoms with Gasteiger partial charge in [-0.25, -0.2) is 33.7 Å². The van der Waals surface area contributed by atoms with Gasteiger partial charge >= 0.3 is 0 Å². The maximum absolute atomic E-state index is 14.5. The first kappa shape index (κ1) is 61.3. The van der Waals surface area contributed by atoms with Crippen molar-refractivity contribution >= 4 is 61.9 Å². The first-order chi connectivity index (χ1) is 37.8. The van der Waals surface area contributed by atoms with Crippen molar-refractivity contribution in [2.45, 2.75) is 113 Å². The van der Waals surface area contributed by atoms with Gasteiger partial charge < -0.3 is 9.47 Å². The molecule has 7 rings (SSSR count). The van der Waals surface area contributed by atoms with Crippen molar-refractivity contribution < 1.29 is 33.7 Å². The molecule has 7 aromatic rings. The molecular formula is C61H80N6O8S4. The fourth-order valence-electron chi connectivity index (χ4n) is 10.2. The average Bonchev–Trinajstić information content (AvgIpc) is 3.76. The molecule has 1 heterocycles. The molecule has 0 radical (unpaired) electrons. The Bertz CT molecular complexity index is 3310. The second-order valence-electron chi connectivity index (χ2n) is 20.6. The highest BCUT2D eigenvalue weighted by molar-refractivity contribution is 7.90. The number of benzene rings is 6. The van der Waals surface area contributed by atoms with Gasteiger partial charge in [0.1, 0.15) is 0 Å². The molecule has 0 saturated heterocycles. The zero-order chi connectivity index (χ0) is 56.8. The van der Waals surface area contributed by atoms with Crippen molar-refractivity contribution in [1.29, 1.82) is 0 Å². The first-order valence-electron chi connectivity index (χ1n) is 27.7. The third kappa shape index (κ3) is 15.6. The van der Waals surface area contributed by atoms with Gasteiger partial charge in [0.2, 0.25) is 40.1 Å². The lowest BCUT2D eigenvalue weighted by Crippen LogP contribution is -2.38. The highest BCUT2D eigenvalue weighted by Crippen LogP contribution is 2.29. The molecule has 426 valence electrons. The van der Waals surface area contributed by atoms with Crippen molar-refractivity contribution in [2.24, 2.45) is 0 Å². The molecule has 0 atom stereocenters. The third-order valence-electron chi connectivity index (χ3n) is 14.8. The number of hydrogen-bond acceptors (Lipinski definition) is 9. The van der Waals surface area contributed by atoms with E-state index in [-0.39, 0.29) is 71.9 Å². The second kappa shape index (κ2) is 27.9. The Morgan fingerprint density at radius 1 is 0.316 bits per heavy atom. The maximum Gasteiger partial charge on any atom is 0.243 e. The van der Waals surface area contributed by atoms with E-state index < -0.39 is 40.1 Å². The van der Waals surface area contributed by atoms with E-state index in [0.717, 1.165) is 46.3 Å². The standard InChI is InChI=1S/C61H80N6O8S4/c1-7-63(76(68,69)54-32-24-50(3)25-33-54)43-13-15-45-65(78(72,73)56-36-28-52(5)29-37-56)47-17-40-62(42-19-49-67-60-22-11-9-20-58(60)59-21-10-12-23-61(59)67)41-18-48-66(79(74,75)57-38-30-53(6)31-39-57)46-16-14-44-64(8-2)77(70,71)55-34-26-51(4)27-35-55/h9-12,20-39H,7-8,13-19,40-49H2,1-6H3. The van der Waals surface area contributed by atoms with Crippen molar-refractivity contribution in [2.75, 3.05) is 72.0 Å². The van der Waals surface area contributed by atoms with Crippen LogP contribution in [0.1, 0.15) is 81.0 Å². The zero-order valence-electron chi connectivity index (χ0n) is 46.9. The van der Waals surface area contributed by atoms with Crippen LogP contribution in [0.2, 0.25) is 0 Å². The monoisotopic (exact) mass is 1150 g/mol. The normalized spacial score (nSPS) is 12.8. The molecule has 0 aliphatic rings. The molecule has 0 saturated carbocycles. The van der Waals surface area contributed by atoms with Crippen LogP contribution in [0, 0.1) is 27.7 Å². The van der Waals surface area contributed by atoms with Crippen molar-refractivity contribution in [3.05, 3.63) is 168 Å². The van der Waals surface area contributed by atoms with Crippen LogP contribution < -0.4 is 0 Å². The van der Waals surface area contributed by atoms with E-state index >= 15 is 0 Å². The molecule has 0 fully saturated rings. The number of unbranched alkanes of at least 4 members (excludes halogenated alkanes) is 2. The summed E-state index contributed by atoms with van der Waals surface area (Å²) in [5.41, 5.74) is 6.10. The first-order valence-corrected chi connectivity index (χ1v) is 33.5. The Morgan fingerprint density at radius 3 is 0.899 bits per heavy atom. The summed E-state index contributed by atoms with van der Waals surface area (Å²) < 4.78 is 121. The molecule has 0 aliphatic carbocycles. The van der Waals surface area contributed by atoms with Crippen molar-refractivity contribution in [3.8, 4) is 0 Å². The fourth-order valence-corrected chi connectivity index (χ4v) is 16.2. The highest BCUT2D eigenvalue weighted by Gasteiger charge is 2.28. The molecular weight excluding hydrogens is 1070 g/mol. The van der Waals surface area contributed by atoms with Crippen molar-refractivity contribution in [3.63, 3.8) is 0 Å². The molecule has 18 heteroatoms. The Kier molecular flexibility index (Phi) is 21.7. The quantitative estimate of drug-likeness (QED) is 0.0374. The SMILES string of the molecule is CCN(CCCCN(CCCN(CCCN(CCCCN(CC)S(=O)(=O)c1ccc(C)cc1)S(=O)(=O)c1ccc(C)cc1)CCCn1c2ccccc2c2ccccc21)S(=O)(=O)c1ccc(C)cc1)S(=O)(=O)c1ccc(C)cc1. The minimum Gasteiger partial charge on any atom is -0.340 e. The summed E-state index contributed by atoms with van der Waals surface area (Å²) >= 11 is 0. The largest absolute Gasteiger partial charge is 0.340 e. The number of fused-ring (bicyclic) bond motifs is 3. The lowest BCUT2D eigenvalue weighted by Gasteiger charge is -2.28. The van der Waals surface area contributed by atoms with Gasteiger partial charge in [-0.3, -0.25) is 0 Å². The highest BCUT2D eigenvalue weighted by atomic mass is 32.2. The van der Waals surface area contributed by atoms with Gasteiger partial charge in [0.25, 0.3) is 0 Å². The molecule has 0 N–H and O–H groups in total. The van der Waals surface area contributed by atoms with Crippen molar-refractivity contribution in [1.82, 2.24) is 26.7 Å². The van der Waals surface area contributed by atoms with E-state index in [4.69, 9.17) is 0 Å². The molecule has 0 aliphatic heterocycles. The van der Waals surface area contributed by atoms with Crippen LogP contribution in [-0.2, 0) is 46.6 Å². The van der Waals surface area contributed by atoms with Crippen LogP contribution in [0.3, 0.4) is 0 Å². The van der Waals surface area contributed by atoms with Gasteiger partial charge in [0, 0.05) is 80.7 Å². The number of aryl methyl sites for hydroxylation is 5. The molecule has 6 aromatic carbocycles. The number of aromatic nitrogens is 1. The molecule has 0 amide bonds. The smallest absolute Gasteiger partial charge is 0.243 e. The van der Waals surface area contributed by atoms with Crippen LogP contribution in [0.5, 0.6) is 0 Å². The van der Waals surface area contributed by atoms with Crippen LogP contribution >= 0.6 is 0 Å². The molecule has 79 heavy (non-hydrogen) atoms. The van der Waals surface area contributed by atoms with Crippen LogP contribution in [0.4, 0.5) is 0 Å². The minimum absolute atomic E-state index is 0.198. The Hall–Kier alpha value is -5.28. The summed E-state index contributed by atoms with van der Waals surface area (Å²) in [4.78, 5) is 3.16. The molecule has 0 spiro atoms. The summed E-state index contributed by atoms with van der Waals surface area (Å²) in [6.45, 7) is 15.6. The summed E-state index contributed by atoms with van der Waals surface area (Å²) in [6, 6.07) is 44.1. The number of para-hydroxylation sites is 2. The third-order valence-corrected chi connectivity index (χ3v) is 22.6. The van der Waals surface area contributed by atoms with Crippen LogP contribution in [0.15, 0.2) is 165 Å². The van der Waals surface area contributed by atoms with E-state index in [0.29, 0.717) is 58.2 Å². The molecule has 0 bridgehead atoms. The summed E-state index contributed by atoms with van der Waals surface area (Å²) in [5.74, 6) is 0. The number of sulfonamides is 4. The van der Waals surface area contributed by atoms with E-state index in [1.165, 1.54) is 28.0 Å². The predicted molar refractivity (Wildman–Crippen MR) is 319 cm³/mol. The number of nitrogens with zero attached hydrogens (tertiary/aromatic N) is 6. The van der Waals surface area contributed by atoms with E-state index in [1.54, 1.807) is 111 Å². The molecule has 1 aromatic heterocycles. The maximum atomic E-state index is 14.5. The second-order valence-corrected chi connectivity index (χ2v) is 28.3. The van der Waals surface area contributed by atoms with Gasteiger partial charge in [0.05, 0.1) is 19.6 Å². The summed E-state index contributed by atoms with van der Waals surface area (Å²) in [5, 5.41) is 2.37. The lowest BCUT2D eigenvalue weighted by atomic mass is 10.2. The van der Waals surface area contributed by atoms with Gasteiger partial charge in [-0.05, 0) is 153 Å². The van der Waals surface area contributed by atoms with Gasteiger partial charge in [-0.15, -0.1) is 0 Å². The number of rotatable bonds is 32. The summed E-state index contributed by atoms with van der Waals surface area (Å²) in [6.07, 6.45) is 3.56. The Balaban J connectivity index is 1.08. The zero-order valence-corrected chi connectivity index (χ0v) is 50.1. The van der Waals surface area contributed by atoms with E-state index in [1.807, 2.05) is 27.7 Å². The summed E-state index contributed by atoms with van der Waals surface area (Å²) in [7, 11) is -15.3. The lowest BCUT2D eigenvalue weighted by molar-refractivity contribution is 0.240. The van der Waals surface area contributed by atoms with Crippen LogP contribution in [-0.4, -0.2) is 132 Å². The van der Waals surface area contributed by atoms with E-state index in [2.05, 4.69) is 58.0 Å². The average molecular weight is 1150 g/mol. The van der Waals surface area contributed by atoms with E-state index in [9.17, 15) is 33.7 Å².